The summed E-state index contributed by atoms with van der Waals surface area (Å²) in [5.41, 5.74) is 0.863. The third-order valence-electron chi connectivity index (χ3n) is 5.88. The number of aliphatic imine (C=N–C) groups is 1. The Balaban J connectivity index is 1.72. The minimum atomic E-state index is -1.25. The van der Waals surface area contributed by atoms with Crippen molar-refractivity contribution in [3.8, 4) is 5.69 Å². The highest BCUT2D eigenvalue weighted by atomic mass is 19.1. The van der Waals surface area contributed by atoms with Crippen LogP contribution in [0.2, 0.25) is 0 Å². The second-order valence-corrected chi connectivity index (χ2v) is 8.65. The predicted molar refractivity (Wildman–Crippen MR) is 129 cm³/mol. The van der Waals surface area contributed by atoms with Crippen LogP contribution in [0.4, 0.5) is 19.0 Å². The Labute approximate surface area is 203 Å². The van der Waals surface area contributed by atoms with Crippen molar-refractivity contribution >= 4 is 11.5 Å². The average molecular weight is 493 g/mol. The third kappa shape index (κ3) is 4.17. The number of aromatic nitrogens is 4. The van der Waals surface area contributed by atoms with Gasteiger partial charge in [0.2, 0.25) is 0 Å². The van der Waals surface area contributed by atoms with Gasteiger partial charge >= 0.3 is 0 Å². The van der Waals surface area contributed by atoms with Crippen molar-refractivity contribution in [2.75, 3.05) is 5.32 Å². The van der Waals surface area contributed by atoms with E-state index in [1.165, 1.54) is 30.3 Å². The molecule has 1 aliphatic heterocycles. The van der Waals surface area contributed by atoms with Gasteiger partial charge in [0.1, 0.15) is 34.8 Å². The molecule has 0 bridgehead atoms. The minimum absolute atomic E-state index is 0.126. The van der Waals surface area contributed by atoms with Gasteiger partial charge in [-0.25, -0.2) is 23.1 Å². The first-order valence-corrected chi connectivity index (χ1v) is 11.1. The van der Waals surface area contributed by atoms with E-state index in [0.29, 0.717) is 34.1 Å². The van der Waals surface area contributed by atoms with Crippen molar-refractivity contribution in [1.29, 1.82) is 0 Å². The van der Waals surface area contributed by atoms with E-state index < -0.39 is 34.5 Å². The largest absolute Gasteiger partial charge is 0.334 e. The van der Waals surface area contributed by atoms with Gasteiger partial charge < -0.3 is 5.32 Å². The molecule has 3 N–H and O–H groups in total. The van der Waals surface area contributed by atoms with Crippen LogP contribution in [0.15, 0.2) is 58.3 Å². The summed E-state index contributed by atoms with van der Waals surface area (Å²) in [4.78, 5) is 22.1. The smallest absolute Gasteiger partial charge is 0.256 e. The van der Waals surface area contributed by atoms with Crippen LogP contribution < -0.4 is 16.2 Å². The first-order chi connectivity index (χ1) is 17.1. The monoisotopic (exact) mass is 493 g/mol. The molecule has 0 radical (unpaired) electrons. The van der Waals surface area contributed by atoms with Crippen LogP contribution in [-0.2, 0) is 6.54 Å². The van der Waals surface area contributed by atoms with E-state index in [4.69, 9.17) is 4.99 Å². The quantitative estimate of drug-likeness (QED) is 0.394. The summed E-state index contributed by atoms with van der Waals surface area (Å²) in [5.74, 6) is -2.24. The first-order valence-electron chi connectivity index (χ1n) is 11.1. The fourth-order valence-electron chi connectivity index (χ4n) is 4.22. The fraction of sp³-hybridized carbons (Fsp3) is 0.200. The first kappa shape index (κ1) is 23.5. The number of aromatic amines is 1. The maximum absolute atomic E-state index is 14.8. The molecule has 0 fully saturated rings. The normalized spacial score (nSPS) is 16.9. The van der Waals surface area contributed by atoms with Gasteiger partial charge in [0.15, 0.2) is 11.6 Å². The maximum Gasteiger partial charge on any atom is 0.256 e. The van der Waals surface area contributed by atoms with Gasteiger partial charge in [-0.1, -0.05) is 6.07 Å². The lowest BCUT2D eigenvalue weighted by Crippen LogP contribution is -2.51. The molecule has 0 saturated carbocycles. The van der Waals surface area contributed by atoms with Gasteiger partial charge in [-0.15, -0.1) is 0 Å². The van der Waals surface area contributed by atoms with Crippen molar-refractivity contribution in [3.05, 3.63) is 105 Å². The number of pyridine rings is 1. The Morgan fingerprint density at radius 1 is 1.03 bits per heavy atom. The topological polar surface area (TPSA) is 100.0 Å². The molecule has 2 aromatic heterocycles. The number of fused-ring (bicyclic) bond motifs is 1. The Kier molecular flexibility index (Phi) is 5.71. The van der Waals surface area contributed by atoms with E-state index in [9.17, 15) is 18.0 Å². The summed E-state index contributed by atoms with van der Waals surface area (Å²) in [7, 11) is 0. The van der Waals surface area contributed by atoms with E-state index in [1.807, 2.05) is 0 Å². The number of benzene rings is 2. The highest BCUT2D eigenvalue weighted by Crippen LogP contribution is 2.32. The molecule has 5 rings (SSSR count). The second-order valence-electron chi connectivity index (χ2n) is 8.65. The number of hydrogen-bond acceptors (Lipinski definition) is 6. The van der Waals surface area contributed by atoms with Crippen molar-refractivity contribution in [1.82, 2.24) is 25.1 Å². The molecule has 0 saturated heterocycles. The number of H-pyrrole nitrogens is 1. The van der Waals surface area contributed by atoms with Crippen LogP contribution in [0.3, 0.4) is 0 Å². The molecule has 184 valence electrons. The minimum Gasteiger partial charge on any atom is -0.334 e. The molecule has 0 amide bonds. The highest BCUT2D eigenvalue weighted by molar-refractivity contribution is 6.17. The number of aryl methyl sites for hydroxylation is 2. The van der Waals surface area contributed by atoms with Crippen LogP contribution >= 0.6 is 0 Å². The van der Waals surface area contributed by atoms with Gasteiger partial charge in [-0.3, -0.25) is 19.8 Å². The zero-order valence-corrected chi connectivity index (χ0v) is 19.7. The van der Waals surface area contributed by atoms with Gasteiger partial charge in [0.25, 0.3) is 5.56 Å². The van der Waals surface area contributed by atoms with Crippen molar-refractivity contribution in [3.63, 3.8) is 0 Å². The lowest BCUT2D eigenvalue weighted by atomic mass is 9.96. The second kappa shape index (κ2) is 8.76. The van der Waals surface area contributed by atoms with Crippen molar-refractivity contribution in [2.24, 2.45) is 4.99 Å². The molecule has 2 aromatic carbocycles. The number of nitrogens with one attached hydrogen (secondary N) is 3. The average Bonchev–Trinajstić information content (AvgIpc) is 3.24. The third-order valence-corrected chi connectivity index (χ3v) is 5.88. The predicted octanol–water partition coefficient (Wildman–Crippen LogP) is 3.72. The summed E-state index contributed by atoms with van der Waals surface area (Å²) >= 11 is 0. The number of nitrogens with zero attached hydrogens (tertiary/aromatic N) is 4. The van der Waals surface area contributed by atoms with Gasteiger partial charge in [-0.2, -0.15) is 5.10 Å². The van der Waals surface area contributed by atoms with E-state index in [-0.39, 0.29) is 12.4 Å². The summed E-state index contributed by atoms with van der Waals surface area (Å²) in [6.45, 7) is 5.39. The summed E-state index contributed by atoms with van der Waals surface area (Å²) < 4.78 is 44.5. The van der Waals surface area contributed by atoms with Gasteiger partial charge in [0, 0.05) is 17.2 Å². The SMILES string of the molecule is Cc1nc(CNC2(C)N=C(c3ccc(F)cc3C)c3ccc(=O)n(-c4c(F)cccc4F)c3N2)n[nH]1. The lowest BCUT2D eigenvalue weighted by Gasteiger charge is -2.36. The highest BCUT2D eigenvalue weighted by Gasteiger charge is 2.34. The number of rotatable bonds is 5. The van der Waals surface area contributed by atoms with Crippen LogP contribution in [-0.4, -0.2) is 31.2 Å². The van der Waals surface area contributed by atoms with E-state index in [0.717, 1.165) is 16.7 Å². The molecule has 11 heteroatoms. The number of para-hydroxylation sites is 1. The van der Waals surface area contributed by atoms with E-state index in [1.54, 1.807) is 26.8 Å². The molecule has 1 atom stereocenters. The molecular weight excluding hydrogens is 471 g/mol. The number of hydrogen-bond donors (Lipinski definition) is 3. The molecule has 8 nitrogen and oxygen atoms in total. The molecule has 3 heterocycles. The number of halogens is 3. The molecular formula is C25H22F3N7O. The lowest BCUT2D eigenvalue weighted by molar-refractivity contribution is 0.407. The van der Waals surface area contributed by atoms with E-state index in [2.05, 4.69) is 25.8 Å². The van der Waals surface area contributed by atoms with Crippen LogP contribution in [0.5, 0.6) is 0 Å². The summed E-state index contributed by atoms with van der Waals surface area (Å²) in [5, 5.41) is 13.2. The van der Waals surface area contributed by atoms with Crippen LogP contribution in [0.25, 0.3) is 5.69 Å². The molecule has 4 aromatic rings. The Morgan fingerprint density at radius 3 is 2.42 bits per heavy atom. The fourth-order valence-corrected chi connectivity index (χ4v) is 4.22. The summed E-state index contributed by atoms with van der Waals surface area (Å²) in [6.07, 6.45) is 0. The molecule has 36 heavy (non-hydrogen) atoms. The molecule has 0 aliphatic carbocycles. The van der Waals surface area contributed by atoms with Crippen molar-refractivity contribution < 1.29 is 13.2 Å². The number of anilines is 1. The van der Waals surface area contributed by atoms with Crippen LogP contribution in [0.1, 0.15) is 35.3 Å². The van der Waals surface area contributed by atoms with Gasteiger partial charge in [-0.05, 0) is 62.7 Å². The molecule has 0 spiro atoms. The maximum atomic E-state index is 14.8. The Bertz CT molecular complexity index is 1560. The summed E-state index contributed by atoms with van der Waals surface area (Å²) in [6, 6.07) is 10.4. The zero-order chi connectivity index (χ0) is 25.6. The van der Waals surface area contributed by atoms with E-state index >= 15 is 0 Å². The van der Waals surface area contributed by atoms with Crippen molar-refractivity contribution in [2.45, 2.75) is 33.1 Å². The van der Waals surface area contributed by atoms with Gasteiger partial charge in [0.05, 0.1) is 12.3 Å². The Morgan fingerprint density at radius 2 is 1.75 bits per heavy atom. The molecule has 1 unspecified atom stereocenters. The Hall–Kier alpha value is -4.25. The molecule has 1 aliphatic rings. The zero-order valence-electron chi connectivity index (χ0n) is 19.7. The standard InChI is InChI=1S/C25H22F3N7O/c1-13-11-15(26)7-8-16(13)22-17-9-10-21(36)35(23-18(27)5-4-6-19(23)28)24(17)32-25(3,31-22)29-12-20-30-14(2)33-34-20/h4-11,29,32H,12H2,1-3H3,(H,30,33,34). The van der Waals surface area contributed by atoms with Crippen LogP contribution in [0, 0.1) is 31.3 Å².